The van der Waals surface area contributed by atoms with E-state index in [-0.39, 0.29) is 12.6 Å². The Labute approximate surface area is 95.2 Å². The van der Waals surface area contributed by atoms with E-state index in [2.05, 4.69) is 18.5 Å². The second-order valence-electron chi connectivity index (χ2n) is 3.47. The highest BCUT2D eigenvalue weighted by Crippen LogP contribution is 2.13. The maximum absolute atomic E-state index is 9.00. The van der Waals surface area contributed by atoms with Crippen molar-refractivity contribution in [2.45, 2.75) is 31.7 Å². The summed E-state index contributed by atoms with van der Waals surface area (Å²) in [5.74, 6) is 2.86. The van der Waals surface area contributed by atoms with E-state index in [1.165, 1.54) is 0 Å². The Hall–Kier alpha value is -0.450. The van der Waals surface area contributed by atoms with Gasteiger partial charge in [-0.25, -0.2) is 0 Å². The van der Waals surface area contributed by atoms with Gasteiger partial charge in [-0.3, -0.25) is 0 Å². The van der Waals surface area contributed by atoms with Gasteiger partial charge in [0.05, 0.1) is 18.9 Å². The normalized spacial score (nSPS) is 13.0. The molecule has 0 aliphatic carbocycles. The van der Waals surface area contributed by atoms with Gasteiger partial charge in [0.25, 0.3) is 0 Å². The molecule has 2 N–H and O–H groups in total. The summed E-state index contributed by atoms with van der Waals surface area (Å²) in [5, 5.41) is 12.2. The van der Waals surface area contributed by atoms with Crippen LogP contribution in [0.5, 0.6) is 0 Å². The molecular formula is C11H19NO2S. The summed E-state index contributed by atoms with van der Waals surface area (Å²) in [6, 6.07) is 4.16. The zero-order chi connectivity index (χ0) is 11.1. The van der Waals surface area contributed by atoms with Crippen molar-refractivity contribution in [1.29, 1.82) is 0 Å². The molecular weight excluding hydrogens is 210 g/mol. The zero-order valence-electron chi connectivity index (χ0n) is 9.32. The Morgan fingerprint density at radius 3 is 2.80 bits per heavy atom. The Balaban J connectivity index is 2.36. The van der Waals surface area contributed by atoms with Crippen molar-refractivity contribution in [1.82, 2.24) is 5.32 Å². The largest absolute Gasteiger partial charge is 0.464 e. The fourth-order valence-corrected chi connectivity index (χ4v) is 1.76. The smallest absolute Gasteiger partial charge is 0.118 e. The second-order valence-corrected chi connectivity index (χ2v) is 4.34. The lowest BCUT2D eigenvalue weighted by molar-refractivity contribution is 0.235. The lowest BCUT2D eigenvalue weighted by Crippen LogP contribution is -2.30. The Morgan fingerprint density at radius 1 is 1.47 bits per heavy atom. The van der Waals surface area contributed by atoms with Gasteiger partial charge in [-0.2, -0.15) is 11.8 Å². The van der Waals surface area contributed by atoms with Crippen LogP contribution in [0.4, 0.5) is 0 Å². The van der Waals surface area contributed by atoms with Crippen molar-refractivity contribution in [3.05, 3.63) is 23.7 Å². The summed E-state index contributed by atoms with van der Waals surface area (Å²) >= 11 is 1.75. The van der Waals surface area contributed by atoms with E-state index in [1.807, 2.05) is 12.1 Å². The van der Waals surface area contributed by atoms with Crippen LogP contribution in [-0.2, 0) is 12.3 Å². The molecule has 0 amide bonds. The maximum Gasteiger partial charge on any atom is 0.118 e. The first-order valence-electron chi connectivity index (χ1n) is 5.21. The van der Waals surface area contributed by atoms with Crippen LogP contribution >= 0.6 is 11.8 Å². The quantitative estimate of drug-likeness (QED) is 0.750. The van der Waals surface area contributed by atoms with Gasteiger partial charge in [0.1, 0.15) is 11.5 Å². The van der Waals surface area contributed by atoms with Gasteiger partial charge in [-0.1, -0.05) is 6.92 Å². The van der Waals surface area contributed by atoms with Gasteiger partial charge < -0.3 is 14.8 Å². The topological polar surface area (TPSA) is 45.4 Å². The molecule has 0 unspecified atom stereocenters. The lowest BCUT2D eigenvalue weighted by atomic mass is 10.2. The lowest BCUT2D eigenvalue weighted by Gasteiger charge is -2.12. The third-order valence-corrected chi connectivity index (χ3v) is 2.86. The molecule has 0 spiro atoms. The minimum Gasteiger partial charge on any atom is -0.464 e. The molecule has 0 aliphatic rings. The first-order valence-corrected chi connectivity index (χ1v) is 6.60. The Morgan fingerprint density at radius 2 is 2.20 bits per heavy atom. The van der Waals surface area contributed by atoms with Crippen molar-refractivity contribution in [2.75, 3.05) is 12.9 Å². The molecule has 0 aromatic carbocycles. The SMILES string of the molecule is CC[C@H](CO)NCc1ccc(CSC)o1. The Kier molecular flexibility index (Phi) is 5.83. The molecule has 0 saturated heterocycles. The summed E-state index contributed by atoms with van der Waals surface area (Å²) < 4.78 is 5.60. The van der Waals surface area contributed by atoms with Gasteiger partial charge in [0, 0.05) is 6.04 Å². The molecule has 0 bridgehead atoms. The van der Waals surface area contributed by atoms with Crippen molar-refractivity contribution in [3.8, 4) is 0 Å². The van der Waals surface area contributed by atoms with Crippen LogP contribution < -0.4 is 5.32 Å². The van der Waals surface area contributed by atoms with E-state index < -0.39 is 0 Å². The highest BCUT2D eigenvalue weighted by Gasteiger charge is 2.05. The molecule has 1 rings (SSSR count). The second kappa shape index (κ2) is 6.93. The highest BCUT2D eigenvalue weighted by molar-refractivity contribution is 7.97. The van der Waals surface area contributed by atoms with Crippen LogP contribution in [0.2, 0.25) is 0 Å². The van der Waals surface area contributed by atoms with Crippen molar-refractivity contribution >= 4 is 11.8 Å². The number of aliphatic hydroxyl groups is 1. The molecule has 0 aliphatic heterocycles. The van der Waals surface area contributed by atoms with Crippen LogP contribution in [0, 0.1) is 0 Å². The minimum atomic E-state index is 0.166. The summed E-state index contributed by atoms with van der Waals surface area (Å²) in [4.78, 5) is 0. The third kappa shape index (κ3) is 4.28. The molecule has 0 fully saturated rings. The van der Waals surface area contributed by atoms with Crippen molar-refractivity contribution in [2.24, 2.45) is 0 Å². The molecule has 0 saturated carbocycles. The summed E-state index contributed by atoms with van der Waals surface area (Å²) in [5.41, 5.74) is 0. The maximum atomic E-state index is 9.00. The summed E-state index contributed by atoms with van der Waals surface area (Å²) in [6.07, 6.45) is 2.98. The molecule has 4 heteroatoms. The van der Waals surface area contributed by atoms with Crippen LogP contribution in [0.3, 0.4) is 0 Å². The number of rotatable bonds is 7. The van der Waals surface area contributed by atoms with E-state index in [1.54, 1.807) is 11.8 Å². The van der Waals surface area contributed by atoms with Crippen LogP contribution in [0.25, 0.3) is 0 Å². The summed E-state index contributed by atoms with van der Waals surface area (Å²) in [6.45, 7) is 2.91. The van der Waals surface area contributed by atoms with Crippen LogP contribution in [-0.4, -0.2) is 24.0 Å². The van der Waals surface area contributed by atoms with E-state index >= 15 is 0 Å². The highest BCUT2D eigenvalue weighted by atomic mass is 32.2. The van der Waals surface area contributed by atoms with E-state index in [0.717, 1.165) is 23.7 Å². The molecule has 1 aromatic heterocycles. The molecule has 1 heterocycles. The number of furan rings is 1. The van der Waals surface area contributed by atoms with Gasteiger partial charge in [-0.15, -0.1) is 0 Å². The monoisotopic (exact) mass is 229 g/mol. The van der Waals surface area contributed by atoms with Gasteiger partial charge in [0.2, 0.25) is 0 Å². The average molecular weight is 229 g/mol. The molecule has 1 atom stereocenters. The number of aliphatic hydroxyl groups excluding tert-OH is 1. The fraction of sp³-hybridized carbons (Fsp3) is 0.636. The van der Waals surface area contributed by atoms with Crippen LogP contribution in [0.1, 0.15) is 24.9 Å². The zero-order valence-corrected chi connectivity index (χ0v) is 10.1. The van der Waals surface area contributed by atoms with E-state index in [4.69, 9.17) is 9.52 Å². The standard InChI is InChI=1S/C11H19NO2S/c1-3-9(7-13)12-6-10-4-5-11(14-10)8-15-2/h4-5,9,12-13H,3,6-8H2,1-2H3/t9-/m1/s1. The number of hydrogen-bond acceptors (Lipinski definition) is 4. The number of hydrogen-bond donors (Lipinski definition) is 2. The minimum absolute atomic E-state index is 0.166. The molecule has 86 valence electrons. The molecule has 15 heavy (non-hydrogen) atoms. The predicted molar refractivity (Wildman–Crippen MR) is 63.9 cm³/mol. The van der Waals surface area contributed by atoms with Crippen LogP contribution in [0.15, 0.2) is 16.5 Å². The van der Waals surface area contributed by atoms with Gasteiger partial charge in [-0.05, 0) is 24.8 Å². The predicted octanol–water partition coefficient (Wildman–Crippen LogP) is 2.00. The first kappa shape index (κ1) is 12.6. The average Bonchev–Trinajstić information content (AvgIpc) is 2.68. The third-order valence-electron chi connectivity index (χ3n) is 2.28. The molecule has 0 radical (unpaired) electrons. The van der Waals surface area contributed by atoms with Gasteiger partial charge in [0.15, 0.2) is 0 Å². The Bertz CT molecular complexity index is 271. The fourth-order valence-electron chi connectivity index (χ4n) is 1.32. The van der Waals surface area contributed by atoms with E-state index in [9.17, 15) is 0 Å². The molecule has 1 aromatic rings. The number of nitrogens with one attached hydrogen (secondary N) is 1. The number of thioether (sulfide) groups is 1. The summed E-state index contributed by atoms with van der Waals surface area (Å²) in [7, 11) is 0. The van der Waals surface area contributed by atoms with Crippen molar-refractivity contribution < 1.29 is 9.52 Å². The van der Waals surface area contributed by atoms with Crippen molar-refractivity contribution in [3.63, 3.8) is 0 Å². The van der Waals surface area contributed by atoms with Gasteiger partial charge >= 0.3 is 0 Å². The molecule has 3 nitrogen and oxygen atoms in total. The van der Waals surface area contributed by atoms with E-state index in [0.29, 0.717) is 6.54 Å². The first-order chi connectivity index (χ1) is 7.30.